The lowest BCUT2D eigenvalue weighted by Crippen LogP contribution is -2.47. The van der Waals surface area contributed by atoms with E-state index in [0.29, 0.717) is 6.42 Å². The highest BCUT2D eigenvalue weighted by Gasteiger charge is 2.62. The van der Waals surface area contributed by atoms with Gasteiger partial charge < -0.3 is 14.8 Å². The quantitative estimate of drug-likeness (QED) is 0.405. The minimum atomic E-state index is -1.36. The van der Waals surface area contributed by atoms with Gasteiger partial charge in [-0.25, -0.2) is 0 Å². The predicted molar refractivity (Wildman–Crippen MR) is 97.3 cm³/mol. The number of hydrogen-bond acceptors (Lipinski definition) is 5. The molecule has 2 fully saturated rings. The monoisotopic (exact) mass is 367 g/mol. The number of unbranched alkanes of at least 4 members (excludes halogenated alkanes) is 2. The Morgan fingerprint density at radius 2 is 1.88 bits per heavy atom. The molecule has 3 atom stereocenters. The Kier molecular flexibility index (Phi) is 7.47. The van der Waals surface area contributed by atoms with Gasteiger partial charge in [-0.1, -0.05) is 52.4 Å². The first-order valence-electron chi connectivity index (χ1n) is 10.2. The molecule has 2 aliphatic rings. The van der Waals surface area contributed by atoms with Crippen molar-refractivity contribution in [2.24, 2.45) is 11.3 Å². The van der Waals surface area contributed by atoms with Gasteiger partial charge in [-0.2, -0.15) is 0 Å². The molecule has 0 bridgehead atoms. The maximum absolute atomic E-state index is 12.7. The third-order valence-corrected chi connectivity index (χ3v) is 5.85. The van der Waals surface area contributed by atoms with Crippen LogP contribution in [0.1, 0.15) is 78.6 Å². The van der Waals surface area contributed by atoms with Crippen molar-refractivity contribution in [1.82, 2.24) is 5.32 Å². The first-order valence-corrected chi connectivity index (χ1v) is 10.2. The number of rotatable bonds is 8. The molecule has 0 aromatic rings. The predicted octanol–water partition coefficient (Wildman–Crippen LogP) is 3.13. The summed E-state index contributed by atoms with van der Waals surface area (Å²) < 4.78 is 10.6. The summed E-state index contributed by atoms with van der Waals surface area (Å²) in [5.74, 6) is -1.97. The summed E-state index contributed by atoms with van der Waals surface area (Å²) in [6, 6.07) is 0.139. The van der Waals surface area contributed by atoms with E-state index in [9.17, 15) is 14.4 Å². The van der Waals surface area contributed by atoms with Crippen molar-refractivity contribution in [2.45, 2.75) is 90.7 Å². The van der Waals surface area contributed by atoms with Crippen LogP contribution in [-0.2, 0) is 23.9 Å². The number of carbonyl (C=O) groups excluding carboxylic acids is 3. The van der Waals surface area contributed by atoms with Crippen molar-refractivity contribution in [2.75, 3.05) is 6.61 Å². The highest BCUT2D eigenvalue weighted by Crippen LogP contribution is 2.45. The van der Waals surface area contributed by atoms with Crippen LogP contribution in [-0.4, -0.2) is 36.6 Å². The molecule has 1 saturated heterocycles. The van der Waals surface area contributed by atoms with Gasteiger partial charge in [0.25, 0.3) is 5.91 Å². The van der Waals surface area contributed by atoms with E-state index in [1.165, 1.54) is 6.42 Å². The van der Waals surface area contributed by atoms with Crippen LogP contribution in [0.15, 0.2) is 0 Å². The first kappa shape index (κ1) is 20.7. The summed E-state index contributed by atoms with van der Waals surface area (Å²) in [5.41, 5.74) is -1.36. The van der Waals surface area contributed by atoms with Gasteiger partial charge in [-0.15, -0.1) is 0 Å². The van der Waals surface area contributed by atoms with E-state index in [-0.39, 0.29) is 18.6 Å². The zero-order valence-corrected chi connectivity index (χ0v) is 16.3. The fourth-order valence-electron chi connectivity index (χ4n) is 4.19. The largest absolute Gasteiger partial charge is 0.465 e. The standard InChI is InChI=1S/C20H33NO5/c1-4-6-10-13-20(18(23)25-5-2)14(3)16(26-19(20)24)17(22)21-15-11-8-7-9-12-15/h14-16H,4-13H2,1-3H3,(H,21,22)/t14-,16-,20+/m1/s1. The highest BCUT2D eigenvalue weighted by molar-refractivity contribution is 6.04. The lowest BCUT2D eigenvalue weighted by Gasteiger charge is -2.28. The third-order valence-electron chi connectivity index (χ3n) is 5.85. The molecule has 1 amide bonds. The molecular weight excluding hydrogens is 334 g/mol. The summed E-state index contributed by atoms with van der Waals surface area (Å²) >= 11 is 0. The first-order chi connectivity index (χ1) is 12.5. The van der Waals surface area contributed by atoms with Crippen LogP contribution in [0.3, 0.4) is 0 Å². The minimum Gasteiger partial charge on any atom is -0.465 e. The van der Waals surface area contributed by atoms with Crippen LogP contribution in [0.25, 0.3) is 0 Å². The number of esters is 2. The van der Waals surface area contributed by atoms with Crippen LogP contribution in [0.2, 0.25) is 0 Å². The molecule has 1 heterocycles. The lowest BCUT2D eigenvalue weighted by atomic mass is 9.72. The van der Waals surface area contributed by atoms with E-state index >= 15 is 0 Å². The van der Waals surface area contributed by atoms with Gasteiger partial charge >= 0.3 is 11.9 Å². The van der Waals surface area contributed by atoms with Crippen LogP contribution in [0.5, 0.6) is 0 Å². The molecule has 1 N–H and O–H groups in total. The number of cyclic esters (lactones) is 1. The number of carbonyl (C=O) groups is 3. The van der Waals surface area contributed by atoms with Gasteiger partial charge in [0.15, 0.2) is 11.5 Å². The molecule has 148 valence electrons. The molecule has 0 unspecified atom stereocenters. The second-order valence-corrected chi connectivity index (χ2v) is 7.61. The molecule has 26 heavy (non-hydrogen) atoms. The highest BCUT2D eigenvalue weighted by atomic mass is 16.6. The second kappa shape index (κ2) is 9.38. The summed E-state index contributed by atoms with van der Waals surface area (Å²) in [7, 11) is 0. The number of nitrogens with one attached hydrogen (secondary N) is 1. The van der Waals surface area contributed by atoms with Crippen LogP contribution >= 0.6 is 0 Å². The topological polar surface area (TPSA) is 81.7 Å². The van der Waals surface area contributed by atoms with E-state index in [4.69, 9.17) is 9.47 Å². The van der Waals surface area contributed by atoms with Crippen LogP contribution in [0.4, 0.5) is 0 Å². The van der Waals surface area contributed by atoms with Gasteiger partial charge in [0, 0.05) is 12.0 Å². The molecule has 0 radical (unpaired) electrons. The fraction of sp³-hybridized carbons (Fsp3) is 0.850. The molecule has 0 spiro atoms. The average molecular weight is 367 g/mol. The van der Waals surface area contributed by atoms with Crippen molar-refractivity contribution in [3.63, 3.8) is 0 Å². The third kappa shape index (κ3) is 4.21. The number of hydrogen-bond donors (Lipinski definition) is 1. The Morgan fingerprint density at radius 3 is 2.50 bits per heavy atom. The lowest BCUT2D eigenvalue weighted by molar-refractivity contribution is -0.167. The average Bonchev–Trinajstić information content (AvgIpc) is 2.88. The van der Waals surface area contributed by atoms with E-state index in [0.717, 1.165) is 44.9 Å². The van der Waals surface area contributed by atoms with Gasteiger partial charge in [0.1, 0.15) is 0 Å². The zero-order valence-electron chi connectivity index (χ0n) is 16.3. The number of ether oxygens (including phenoxy) is 2. The Labute approximate surface area is 156 Å². The SMILES string of the molecule is CCCCC[C@]1(C(=O)OCC)C(=O)O[C@@H](C(=O)NC2CCCCC2)[C@H]1C. The Morgan fingerprint density at radius 1 is 1.19 bits per heavy atom. The Hall–Kier alpha value is -1.59. The fourth-order valence-corrected chi connectivity index (χ4v) is 4.19. The van der Waals surface area contributed by atoms with E-state index in [1.807, 2.05) is 0 Å². The normalized spacial score (nSPS) is 29.3. The van der Waals surface area contributed by atoms with Crippen molar-refractivity contribution < 1.29 is 23.9 Å². The van der Waals surface area contributed by atoms with Gasteiger partial charge in [0.05, 0.1) is 6.61 Å². The van der Waals surface area contributed by atoms with Crippen molar-refractivity contribution >= 4 is 17.8 Å². The van der Waals surface area contributed by atoms with Crippen LogP contribution in [0, 0.1) is 11.3 Å². The summed E-state index contributed by atoms with van der Waals surface area (Å²) in [5, 5.41) is 3.02. The summed E-state index contributed by atoms with van der Waals surface area (Å²) in [4.78, 5) is 38.1. The molecule has 6 nitrogen and oxygen atoms in total. The molecule has 1 saturated carbocycles. The summed E-state index contributed by atoms with van der Waals surface area (Å²) in [6.45, 7) is 5.75. The van der Waals surface area contributed by atoms with Crippen LogP contribution < -0.4 is 5.32 Å². The van der Waals surface area contributed by atoms with E-state index < -0.39 is 29.4 Å². The van der Waals surface area contributed by atoms with E-state index in [2.05, 4.69) is 12.2 Å². The van der Waals surface area contributed by atoms with Gasteiger partial charge in [-0.3, -0.25) is 14.4 Å². The van der Waals surface area contributed by atoms with Gasteiger partial charge in [0.2, 0.25) is 0 Å². The smallest absolute Gasteiger partial charge is 0.324 e. The van der Waals surface area contributed by atoms with Crippen molar-refractivity contribution in [3.05, 3.63) is 0 Å². The Bertz CT molecular complexity index is 514. The van der Waals surface area contributed by atoms with E-state index in [1.54, 1.807) is 13.8 Å². The maximum Gasteiger partial charge on any atom is 0.324 e. The summed E-state index contributed by atoms with van der Waals surface area (Å²) in [6.07, 6.45) is 7.40. The molecule has 0 aromatic carbocycles. The zero-order chi connectivity index (χ0) is 19.2. The molecule has 2 rings (SSSR count). The molecular formula is C20H33NO5. The van der Waals surface area contributed by atoms with Gasteiger partial charge in [-0.05, 0) is 26.2 Å². The number of amides is 1. The molecule has 6 heteroatoms. The molecule has 0 aromatic heterocycles. The minimum absolute atomic E-state index is 0.139. The molecule has 1 aliphatic carbocycles. The maximum atomic E-state index is 12.7. The molecule has 1 aliphatic heterocycles. The Balaban J connectivity index is 2.14. The van der Waals surface area contributed by atoms with Crippen molar-refractivity contribution in [3.8, 4) is 0 Å². The van der Waals surface area contributed by atoms with Crippen molar-refractivity contribution in [1.29, 1.82) is 0 Å². The second-order valence-electron chi connectivity index (χ2n) is 7.61.